The molecule has 10 atom stereocenters. The smallest absolute Gasteiger partial charge is 0.246 e. The van der Waals surface area contributed by atoms with Crippen LogP contribution in [0.5, 0.6) is 0 Å². The number of rotatable bonds is 13. The molecular formula is C40H65N13O14S2. The fourth-order valence-corrected chi connectivity index (χ4v) is 10.1. The van der Waals surface area contributed by atoms with Crippen LogP contribution in [0.2, 0.25) is 0 Å². The van der Waals surface area contributed by atoms with E-state index in [4.69, 9.17) is 22.9 Å². The topological polar surface area (TPSA) is 440 Å². The molecule has 0 radical (unpaired) electrons. The zero-order valence-corrected chi connectivity index (χ0v) is 40.0. The minimum absolute atomic E-state index is 0.0234. The third-order valence-electron chi connectivity index (χ3n) is 11.4. The first kappa shape index (κ1) is 57.5. The molecule has 386 valence electrons. The Balaban J connectivity index is 2.07. The zero-order valence-electron chi connectivity index (χ0n) is 38.4. The number of nitrogens with one attached hydrogen (secondary N) is 7. The maximum absolute atomic E-state index is 14.2. The maximum atomic E-state index is 14.2. The number of fused-ring (bicyclic) bond motifs is 2. The molecule has 3 heterocycles. The van der Waals surface area contributed by atoms with Crippen LogP contribution in [0.4, 0.5) is 0 Å². The summed E-state index contributed by atoms with van der Waals surface area (Å²) in [7, 11) is 1.88. The van der Waals surface area contributed by atoms with Crippen molar-refractivity contribution in [1.29, 1.82) is 0 Å². The summed E-state index contributed by atoms with van der Waals surface area (Å²) in [6.45, 7) is 1.46. The van der Waals surface area contributed by atoms with Gasteiger partial charge in [-0.1, -0.05) is 21.6 Å². The number of amides is 12. The van der Waals surface area contributed by atoms with Crippen LogP contribution in [0, 0.1) is 0 Å². The molecule has 0 bridgehead atoms. The molecule has 0 aromatic carbocycles. The summed E-state index contributed by atoms with van der Waals surface area (Å²) in [6, 6.07) is -13.3. The van der Waals surface area contributed by atoms with E-state index >= 15 is 0 Å². The summed E-state index contributed by atoms with van der Waals surface area (Å²) >= 11 is 0. The Morgan fingerprint density at radius 3 is 1.81 bits per heavy atom. The molecule has 3 rings (SSSR count). The van der Waals surface area contributed by atoms with Gasteiger partial charge in [-0.05, 0) is 64.8 Å². The van der Waals surface area contributed by atoms with Gasteiger partial charge >= 0.3 is 0 Å². The number of hydrogen-bond donors (Lipinski definition) is 13. The standard InChI is InChI=1S/C40H65N13O14S2/c1-19(55)31-38(65)47-21(7-3-4-12-41)33(60)49-24(16-54)35(62)48-23(15-30(43)58)39(66)53-14-6-9-28(53)40(67)52-13-5-8-27(52)37(64)46-22(10-11-29(42)57)34(61)50-25(32(44)59)17-68-69-18-26(36(63)51-31)45-20(2)56/h19,21-28,31,54-55H,3-18,41H2,1-2H3,(H2,42,57)(H2,43,58)(H2,44,59)(H,45,56)(H,46,64)(H,47,65)(H,48,62)(H,49,60)(H,50,61)(H,51,63)/t19-,21+,22+,23+,24+,25+,26+,27+,28+,31+/m1/s1. The number of aliphatic hydroxyl groups is 2. The second kappa shape index (κ2) is 28.0. The molecule has 0 spiro atoms. The number of carbonyl (C=O) groups excluding carboxylic acids is 12. The molecule has 0 aliphatic carbocycles. The van der Waals surface area contributed by atoms with E-state index in [1.807, 2.05) is 0 Å². The predicted octanol–water partition coefficient (Wildman–Crippen LogP) is -7.09. The number of carbonyl (C=O) groups is 12. The number of aliphatic hydroxyl groups excluding tert-OH is 2. The van der Waals surface area contributed by atoms with Gasteiger partial charge in [-0.2, -0.15) is 0 Å². The third-order valence-corrected chi connectivity index (χ3v) is 13.8. The van der Waals surface area contributed by atoms with Gasteiger partial charge in [0.1, 0.15) is 54.4 Å². The molecule has 0 saturated carbocycles. The van der Waals surface area contributed by atoms with Crippen LogP contribution in [-0.4, -0.2) is 189 Å². The lowest BCUT2D eigenvalue weighted by molar-refractivity contribution is -0.148. The van der Waals surface area contributed by atoms with Gasteiger partial charge in [-0.15, -0.1) is 0 Å². The van der Waals surface area contributed by atoms with Gasteiger partial charge in [0.05, 0.1) is 19.1 Å². The van der Waals surface area contributed by atoms with Crippen LogP contribution in [0.15, 0.2) is 0 Å². The summed E-state index contributed by atoms with van der Waals surface area (Å²) in [6.07, 6.45) is -1.69. The molecule has 3 saturated heterocycles. The van der Waals surface area contributed by atoms with Gasteiger partial charge < -0.3 is 80.2 Å². The monoisotopic (exact) mass is 1020 g/mol. The largest absolute Gasteiger partial charge is 0.394 e. The first-order valence-electron chi connectivity index (χ1n) is 22.4. The average molecular weight is 1020 g/mol. The molecular weight excluding hydrogens is 951 g/mol. The number of unbranched alkanes of at least 4 members (excludes halogenated alkanes) is 1. The van der Waals surface area contributed by atoms with Crippen molar-refractivity contribution in [2.75, 3.05) is 37.7 Å². The van der Waals surface area contributed by atoms with Gasteiger partial charge in [0.25, 0.3) is 0 Å². The highest BCUT2D eigenvalue weighted by atomic mass is 33.1. The normalized spacial score (nSPS) is 28.2. The number of nitrogens with zero attached hydrogens (tertiary/aromatic N) is 2. The predicted molar refractivity (Wildman–Crippen MR) is 247 cm³/mol. The van der Waals surface area contributed by atoms with E-state index in [1.165, 1.54) is 4.90 Å². The van der Waals surface area contributed by atoms with Crippen LogP contribution >= 0.6 is 21.6 Å². The van der Waals surface area contributed by atoms with Crippen LogP contribution in [-0.2, 0) is 57.5 Å². The Morgan fingerprint density at radius 1 is 0.681 bits per heavy atom. The summed E-state index contributed by atoms with van der Waals surface area (Å²) in [5, 5.41) is 37.7. The molecule has 17 N–H and O–H groups in total. The molecule has 3 aliphatic rings. The zero-order chi connectivity index (χ0) is 51.5. The Bertz CT molecular complexity index is 1930. The summed E-state index contributed by atoms with van der Waals surface area (Å²) in [4.78, 5) is 162. The van der Waals surface area contributed by atoms with E-state index in [-0.39, 0.29) is 69.7 Å². The highest BCUT2D eigenvalue weighted by molar-refractivity contribution is 8.76. The molecule has 29 heteroatoms. The van der Waals surface area contributed by atoms with Crippen molar-refractivity contribution in [3.8, 4) is 0 Å². The van der Waals surface area contributed by atoms with Crippen molar-refractivity contribution in [3.05, 3.63) is 0 Å². The van der Waals surface area contributed by atoms with E-state index in [1.54, 1.807) is 0 Å². The van der Waals surface area contributed by atoms with Gasteiger partial charge in [0, 0.05) is 37.9 Å². The van der Waals surface area contributed by atoms with Crippen LogP contribution in [0.25, 0.3) is 0 Å². The van der Waals surface area contributed by atoms with E-state index < -0.39 is 144 Å². The van der Waals surface area contributed by atoms with Crippen molar-refractivity contribution in [2.24, 2.45) is 22.9 Å². The second-order valence-electron chi connectivity index (χ2n) is 16.8. The van der Waals surface area contributed by atoms with E-state index in [2.05, 4.69) is 37.2 Å². The molecule has 69 heavy (non-hydrogen) atoms. The summed E-state index contributed by atoms with van der Waals surface area (Å²) in [5.74, 6) is -11.5. The van der Waals surface area contributed by atoms with Gasteiger partial charge in [-0.25, -0.2) is 0 Å². The number of primary amides is 3. The molecule has 3 aliphatic heterocycles. The van der Waals surface area contributed by atoms with Gasteiger partial charge in [0.15, 0.2) is 0 Å². The fraction of sp³-hybridized carbons (Fsp3) is 0.700. The highest BCUT2D eigenvalue weighted by Gasteiger charge is 2.45. The molecule has 0 aromatic rings. The van der Waals surface area contributed by atoms with E-state index in [9.17, 15) is 67.7 Å². The average Bonchev–Trinajstić information content (AvgIpc) is 3.98. The quantitative estimate of drug-likeness (QED) is 0.0602. The molecule has 0 unspecified atom stereocenters. The maximum Gasteiger partial charge on any atom is 0.246 e. The van der Waals surface area contributed by atoms with Crippen LogP contribution < -0.4 is 60.2 Å². The Labute approximate surface area is 405 Å². The van der Waals surface area contributed by atoms with E-state index in [0.29, 0.717) is 19.3 Å². The Hall–Kier alpha value is -5.78. The van der Waals surface area contributed by atoms with Crippen molar-refractivity contribution < 1.29 is 67.7 Å². The highest BCUT2D eigenvalue weighted by Crippen LogP contribution is 2.27. The number of nitrogens with two attached hydrogens (primary N) is 4. The summed E-state index contributed by atoms with van der Waals surface area (Å²) < 4.78 is 0. The SMILES string of the molecule is CC(=O)N[C@H]1CSSC[C@@H](C(N)=O)NC(=O)[C@H](CCC(N)=O)NC(=O)[C@@H]2CCCN2C(=O)[C@@H]2CCCN2C(=O)[C@H](CC(N)=O)NC(=O)[C@H](CO)NC(=O)[C@H](CCCCN)NC(=O)[C@H]([C@@H](C)O)NC1=O. The minimum Gasteiger partial charge on any atom is -0.394 e. The minimum atomic E-state index is -1.79. The molecule has 27 nitrogen and oxygen atoms in total. The van der Waals surface area contributed by atoms with Gasteiger partial charge in [-0.3, -0.25) is 57.5 Å². The lowest BCUT2D eigenvalue weighted by Gasteiger charge is -2.33. The molecule has 3 fully saturated rings. The first-order valence-corrected chi connectivity index (χ1v) is 24.9. The number of hydrogen-bond acceptors (Lipinski definition) is 17. The fourth-order valence-electron chi connectivity index (χ4n) is 7.76. The van der Waals surface area contributed by atoms with Crippen LogP contribution in [0.3, 0.4) is 0 Å². The lowest BCUT2D eigenvalue weighted by atomic mass is 10.1. The van der Waals surface area contributed by atoms with Crippen molar-refractivity contribution in [2.45, 2.75) is 139 Å². The lowest BCUT2D eigenvalue weighted by Crippen LogP contribution is -2.62. The Kier molecular flexibility index (Phi) is 23.4. The van der Waals surface area contributed by atoms with Gasteiger partial charge in [0.2, 0.25) is 70.9 Å². The van der Waals surface area contributed by atoms with Crippen molar-refractivity contribution >= 4 is 92.5 Å². The van der Waals surface area contributed by atoms with Crippen molar-refractivity contribution in [3.63, 3.8) is 0 Å². The first-order chi connectivity index (χ1) is 32.6. The molecule has 0 aromatic heterocycles. The van der Waals surface area contributed by atoms with Crippen LogP contribution in [0.1, 0.15) is 78.1 Å². The summed E-state index contributed by atoms with van der Waals surface area (Å²) in [5.41, 5.74) is 22.1. The van der Waals surface area contributed by atoms with Crippen molar-refractivity contribution in [1.82, 2.24) is 47.0 Å². The van der Waals surface area contributed by atoms with E-state index in [0.717, 1.165) is 40.3 Å². The Morgan fingerprint density at radius 2 is 1.23 bits per heavy atom. The third kappa shape index (κ3) is 17.6. The second-order valence-corrected chi connectivity index (χ2v) is 19.3. The molecule has 12 amide bonds.